The molecule has 2 unspecified atom stereocenters. The Bertz CT molecular complexity index is 1680. The van der Waals surface area contributed by atoms with Gasteiger partial charge in [-0.2, -0.15) is 18.3 Å². The van der Waals surface area contributed by atoms with Crippen LogP contribution in [0.25, 0.3) is 16.8 Å². The van der Waals surface area contributed by atoms with E-state index in [2.05, 4.69) is 15.4 Å². The molecule has 4 aromatic rings. The second-order valence-corrected chi connectivity index (χ2v) is 10.3. The molecule has 3 aromatic heterocycles. The number of alkyl halides is 3. The number of imidazole rings is 1. The second kappa shape index (κ2) is 9.78. The summed E-state index contributed by atoms with van der Waals surface area (Å²) in [5, 5.41) is 6.14. The highest BCUT2D eigenvalue weighted by Crippen LogP contribution is 2.40. The van der Waals surface area contributed by atoms with Crippen molar-refractivity contribution in [3.63, 3.8) is 0 Å². The van der Waals surface area contributed by atoms with Crippen LogP contribution in [0.1, 0.15) is 53.5 Å². The highest BCUT2D eigenvalue weighted by atomic mass is 19.4. The summed E-state index contributed by atoms with van der Waals surface area (Å²) in [6.45, 7) is 0.574. The number of methoxy groups -OCH3 is 1. The Hall–Kier alpha value is -4.62. The van der Waals surface area contributed by atoms with Gasteiger partial charge >= 0.3 is 6.18 Å². The van der Waals surface area contributed by atoms with Gasteiger partial charge in [0.1, 0.15) is 34.3 Å². The number of piperidine rings is 1. The number of fused-ring (bicyclic) bond motifs is 2. The minimum atomic E-state index is -4.61. The van der Waals surface area contributed by atoms with Crippen molar-refractivity contribution in [3.8, 4) is 17.0 Å². The minimum absolute atomic E-state index is 0.00708. The van der Waals surface area contributed by atoms with E-state index in [1.165, 1.54) is 19.2 Å². The number of nitrogens with zero attached hydrogens (tertiary/aromatic N) is 6. The van der Waals surface area contributed by atoms with Gasteiger partial charge in [0.05, 0.1) is 7.11 Å². The van der Waals surface area contributed by atoms with E-state index in [1.54, 1.807) is 18.5 Å². The normalized spacial score (nSPS) is 19.0. The molecule has 11 nitrogen and oxygen atoms in total. The molecule has 0 aliphatic carbocycles. The monoisotopic (exact) mass is 568 g/mol. The van der Waals surface area contributed by atoms with Crippen LogP contribution >= 0.6 is 0 Å². The van der Waals surface area contributed by atoms with Crippen molar-refractivity contribution >= 4 is 29.0 Å². The number of carbonyl (C=O) groups is 2. The lowest BCUT2D eigenvalue weighted by molar-refractivity contribution is -0.143. The first-order chi connectivity index (χ1) is 19.5. The largest absolute Gasteiger partial charge is 0.496 e. The maximum Gasteiger partial charge on any atom is 0.433 e. The number of hydrogen-bond acceptors (Lipinski definition) is 7. The molecule has 14 heteroatoms. The minimum Gasteiger partial charge on any atom is -0.496 e. The number of amides is 2. The average Bonchev–Trinajstić information content (AvgIpc) is 3.63. The van der Waals surface area contributed by atoms with Crippen molar-refractivity contribution < 1.29 is 27.5 Å². The smallest absolute Gasteiger partial charge is 0.433 e. The maximum absolute atomic E-state index is 13.1. The molecular weight excluding hydrogens is 541 g/mol. The van der Waals surface area contributed by atoms with E-state index in [0.717, 1.165) is 38.2 Å². The van der Waals surface area contributed by atoms with Crippen molar-refractivity contribution in [1.29, 1.82) is 0 Å². The summed E-state index contributed by atoms with van der Waals surface area (Å²) in [6.07, 6.45) is 1.99. The number of aromatic nitrogens is 5. The Morgan fingerprint density at radius 1 is 1.20 bits per heavy atom. The lowest BCUT2D eigenvalue weighted by Crippen LogP contribution is -2.41. The Kier molecular flexibility index (Phi) is 6.35. The topological polar surface area (TPSA) is 133 Å². The van der Waals surface area contributed by atoms with E-state index in [1.807, 2.05) is 9.30 Å². The molecule has 2 atom stereocenters. The van der Waals surface area contributed by atoms with Crippen LogP contribution < -0.4 is 15.8 Å². The number of aryl methyl sites for hydroxylation is 1. The molecule has 5 heterocycles. The zero-order valence-corrected chi connectivity index (χ0v) is 22.3. The second-order valence-electron chi connectivity index (χ2n) is 10.3. The van der Waals surface area contributed by atoms with Crippen LogP contribution in [-0.2, 0) is 18.0 Å². The molecule has 3 N–H and O–H groups in total. The zero-order chi connectivity index (χ0) is 29.1. The van der Waals surface area contributed by atoms with Gasteiger partial charge in [-0.25, -0.2) is 9.97 Å². The summed E-state index contributed by atoms with van der Waals surface area (Å²) in [5.74, 6) is 0.578. The summed E-state index contributed by atoms with van der Waals surface area (Å²) in [5.41, 5.74) is 7.10. The van der Waals surface area contributed by atoms with E-state index < -0.39 is 17.8 Å². The number of carbonyl (C=O) groups excluding carboxylic acids is 2. The van der Waals surface area contributed by atoms with Gasteiger partial charge in [0.15, 0.2) is 5.82 Å². The van der Waals surface area contributed by atoms with Gasteiger partial charge in [0, 0.05) is 61.6 Å². The van der Waals surface area contributed by atoms with Gasteiger partial charge in [-0.05, 0) is 37.5 Å². The third-order valence-corrected chi connectivity index (χ3v) is 7.82. The third-order valence-electron chi connectivity index (χ3n) is 7.82. The number of nitrogen functional groups attached to an aromatic ring is 1. The van der Waals surface area contributed by atoms with Crippen LogP contribution in [0.4, 0.5) is 24.8 Å². The SMILES string of the molecule is COc1cc(C(=O)Nc2cc(C(F)(F)F)n(C)n2)ccc1-c1nc(C2CCC3CCC(=O)N3C2)n2ccnc(N)c12. The van der Waals surface area contributed by atoms with Gasteiger partial charge in [-0.3, -0.25) is 18.7 Å². The molecule has 0 spiro atoms. The van der Waals surface area contributed by atoms with Crippen LogP contribution in [0.15, 0.2) is 36.7 Å². The fourth-order valence-corrected chi connectivity index (χ4v) is 5.85. The van der Waals surface area contributed by atoms with E-state index in [9.17, 15) is 22.8 Å². The molecule has 2 saturated heterocycles. The number of halogens is 3. The van der Waals surface area contributed by atoms with E-state index in [4.69, 9.17) is 15.5 Å². The van der Waals surface area contributed by atoms with Crippen LogP contribution in [0.2, 0.25) is 0 Å². The lowest BCUT2D eigenvalue weighted by atomic mass is 9.92. The van der Waals surface area contributed by atoms with Crippen LogP contribution in [0, 0.1) is 0 Å². The Morgan fingerprint density at radius 2 is 2.00 bits per heavy atom. The molecule has 1 aromatic carbocycles. The van der Waals surface area contributed by atoms with Gasteiger partial charge in [0.2, 0.25) is 5.91 Å². The molecule has 0 radical (unpaired) electrons. The molecule has 6 rings (SSSR count). The van der Waals surface area contributed by atoms with Crippen LogP contribution in [-0.4, -0.2) is 60.6 Å². The van der Waals surface area contributed by atoms with Crippen LogP contribution in [0.3, 0.4) is 0 Å². The Morgan fingerprint density at radius 3 is 2.73 bits per heavy atom. The van der Waals surface area contributed by atoms with Gasteiger partial charge in [-0.15, -0.1) is 0 Å². The first kappa shape index (κ1) is 26.6. The summed E-state index contributed by atoms with van der Waals surface area (Å²) in [4.78, 5) is 36.5. The van der Waals surface area contributed by atoms with Crippen molar-refractivity contribution in [2.75, 3.05) is 24.7 Å². The molecule has 214 valence electrons. The fourth-order valence-electron chi connectivity index (χ4n) is 5.85. The number of benzene rings is 1. The summed E-state index contributed by atoms with van der Waals surface area (Å²) in [7, 11) is 2.59. The fraction of sp³-hybridized carbons (Fsp3) is 0.370. The molecule has 2 aliphatic heterocycles. The highest BCUT2D eigenvalue weighted by Gasteiger charge is 2.39. The standard InChI is InChI=1S/C27H27F3N8O3/c1-36-19(27(28,29)30)12-20(35-36)33-26(40)14-4-7-17(18(11-14)41-2)22-23-24(31)32-9-10-37(23)25(34-22)15-3-5-16-6-8-21(39)38(16)13-15/h4,7,9-12,15-16H,3,5-6,8,13H2,1-2H3,(H2,31,32)(H,33,35,40). The maximum atomic E-state index is 13.1. The van der Waals surface area contributed by atoms with E-state index in [-0.39, 0.29) is 35.1 Å². The lowest BCUT2D eigenvalue weighted by Gasteiger charge is -2.34. The predicted octanol–water partition coefficient (Wildman–Crippen LogP) is 3.86. The molecule has 0 saturated carbocycles. The third kappa shape index (κ3) is 4.62. The number of anilines is 2. The first-order valence-electron chi connectivity index (χ1n) is 13.1. The molecule has 2 amide bonds. The Labute approximate surface area is 232 Å². The molecule has 41 heavy (non-hydrogen) atoms. The molecule has 2 fully saturated rings. The van der Waals surface area contributed by atoms with E-state index >= 15 is 0 Å². The first-order valence-corrected chi connectivity index (χ1v) is 13.1. The predicted molar refractivity (Wildman–Crippen MR) is 142 cm³/mol. The number of rotatable bonds is 5. The van der Waals surface area contributed by atoms with Crippen molar-refractivity contribution in [1.82, 2.24) is 29.0 Å². The number of nitrogens with two attached hydrogens (primary N) is 1. The van der Waals surface area contributed by atoms with Crippen LogP contribution in [0.5, 0.6) is 5.75 Å². The number of ether oxygens (including phenoxy) is 1. The highest BCUT2D eigenvalue weighted by molar-refractivity contribution is 6.04. The zero-order valence-electron chi connectivity index (χ0n) is 22.3. The van der Waals surface area contributed by atoms with Gasteiger partial charge < -0.3 is 20.7 Å². The van der Waals surface area contributed by atoms with Crippen molar-refractivity contribution in [2.24, 2.45) is 7.05 Å². The van der Waals surface area contributed by atoms with Gasteiger partial charge in [0.25, 0.3) is 5.91 Å². The van der Waals surface area contributed by atoms with Crippen molar-refractivity contribution in [3.05, 3.63) is 53.7 Å². The van der Waals surface area contributed by atoms with Gasteiger partial charge in [-0.1, -0.05) is 0 Å². The molecule has 0 bridgehead atoms. The molecule has 2 aliphatic rings. The number of nitrogens with one attached hydrogen (secondary N) is 1. The van der Waals surface area contributed by atoms with Crippen molar-refractivity contribution in [2.45, 2.75) is 43.8 Å². The van der Waals surface area contributed by atoms with E-state index in [0.29, 0.717) is 40.2 Å². The average molecular weight is 569 g/mol. The Balaban J connectivity index is 1.34. The number of hydrogen-bond donors (Lipinski definition) is 2. The quantitative estimate of drug-likeness (QED) is 0.374. The summed E-state index contributed by atoms with van der Waals surface area (Å²) < 4.78 is 47.6. The summed E-state index contributed by atoms with van der Waals surface area (Å²) >= 11 is 0. The summed E-state index contributed by atoms with van der Waals surface area (Å²) in [6, 6.07) is 5.69. The molecular formula is C27H27F3N8O3.